The maximum atomic E-state index is 14.0. The average molecular weight is 606 g/mol. The Hall–Kier alpha value is -4.26. The molecule has 0 aliphatic heterocycles. The highest BCUT2D eigenvalue weighted by Crippen LogP contribution is 2.51. The molecule has 0 bridgehead atoms. The van der Waals surface area contributed by atoms with E-state index in [4.69, 9.17) is 10.5 Å². The molecule has 6 atom stereocenters. The first-order valence-electron chi connectivity index (χ1n) is 14.5. The fourth-order valence-electron chi connectivity index (χ4n) is 7.20. The van der Waals surface area contributed by atoms with Crippen molar-refractivity contribution in [2.45, 2.75) is 38.0 Å². The molecule has 0 radical (unpaired) electrons. The van der Waals surface area contributed by atoms with E-state index in [9.17, 15) is 39.0 Å². The molecular weight excluding hydrogens is 570 g/mol. The molecule has 0 spiro atoms. The molecule has 2 aromatic rings. The smallest absolute Gasteiger partial charge is 0.319 e. The largest absolute Gasteiger partial charge is 0.507 e. The number of amides is 1. The average Bonchev–Trinajstić information content (AvgIpc) is 2.95. The zero-order chi connectivity index (χ0) is 32.1. The van der Waals surface area contributed by atoms with Gasteiger partial charge in [-0.1, -0.05) is 30.3 Å². The number of ether oxygens (including phenoxy) is 1. The Bertz CT molecular complexity index is 1570. The number of carbonyl (C=O) groups excluding carboxylic acids is 6. The summed E-state index contributed by atoms with van der Waals surface area (Å²) < 4.78 is 4.91. The van der Waals surface area contributed by atoms with Crippen LogP contribution in [0.1, 0.15) is 34.8 Å². The topological polar surface area (TPSA) is 193 Å². The summed E-state index contributed by atoms with van der Waals surface area (Å²) in [7, 11) is 3.09. The van der Waals surface area contributed by atoms with Crippen molar-refractivity contribution in [2.24, 2.45) is 29.4 Å². The molecule has 2 fully saturated rings. The van der Waals surface area contributed by atoms with Crippen LogP contribution >= 0.6 is 0 Å². The Balaban J connectivity index is 1.49. The van der Waals surface area contributed by atoms with Crippen molar-refractivity contribution in [3.63, 3.8) is 0 Å². The summed E-state index contributed by atoms with van der Waals surface area (Å²) in [6.07, 6.45) is 0.141. The monoisotopic (exact) mass is 605 g/mol. The van der Waals surface area contributed by atoms with Gasteiger partial charge in [-0.05, 0) is 68.1 Å². The molecule has 5 N–H and O–H groups in total. The van der Waals surface area contributed by atoms with Crippen LogP contribution < -0.4 is 11.1 Å². The molecule has 12 nitrogen and oxygen atoms in total. The number of aliphatic hydroxyl groups is 1. The predicted molar refractivity (Wildman–Crippen MR) is 155 cm³/mol. The quantitative estimate of drug-likeness (QED) is 0.237. The number of nitrogens with zero attached hydrogens (tertiary/aromatic N) is 1. The van der Waals surface area contributed by atoms with Crippen LogP contribution in [-0.2, 0) is 41.7 Å². The molecule has 2 saturated carbocycles. The maximum absolute atomic E-state index is 14.0. The molecule has 3 aliphatic rings. The van der Waals surface area contributed by atoms with E-state index in [1.165, 1.54) is 11.0 Å². The Labute approximate surface area is 253 Å². The second kappa shape index (κ2) is 11.7. The molecule has 0 saturated heterocycles. The number of phenols is 1. The fourth-order valence-corrected chi connectivity index (χ4v) is 7.20. The van der Waals surface area contributed by atoms with Gasteiger partial charge < -0.3 is 26.0 Å². The van der Waals surface area contributed by atoms with Crippen LogP contribution in [0.15, 0.2) is 36.4 Å². The molecule has 0 heterocycles. The van der Waals surface area contributed by atoms with E-state index in [0.717, 1.165) is 11.1 Å². The highest BCUT2D eigenvalue weighted by atomic mass is 16.5. The van der Waals surface area contributed by atoms with Crippen LogP contribution in [0.2, 0.25) is 0 Å². The van der Waals surface area contributed by atoms with Crippen molar-refractivity contribution < 1.29 is 43.7 Å². The Morgan fingerprint density at radius 1 is 1.07 bits per heavy atom. The Morgan fingerprint density at radius 2 is 1.75 bits per heavy atom. The van der Waals surface area contributed by atoms with E-state index in [1.54, 1.807) is 27.1 Å². The summed E-state index contributed by atoms with van der Waals surface area (Å²) in [5, 5.41) is 25.5. The zero-order valence-corrected chi connectivity index (χ0v) is 24.7. The van der Waals surface area contributed by atoms with E-state index in [2.05, 4.69) is 5.32 Å². The van der Waals surface area contributed by atoms with E-state index in [-0.39, 0.29) is 36.7 Å². The first-order chi connectivity index (χ1) is 20.8. The molecule has 2 unspecified atom stereocenters. The number of hydrogen-bond acceptors (Lipinski definition) is 11. The number of fused-ring (bicyclic) bond motifs is 3. The van der Waals surface area contributed by atoms with Gasteiger partial charge in [-0.15, -0.1) is 0 Å². The maximum Gasteiger partial charge on any atom is 0.319 e. The fraction of sp³-hybridized carbons (Fsp3) is 0.438. The third kappa shape index (κ3) is 4.92. The minimum Gasteiger partial charge on any atom is -0.507 e. The van der Waals surface area contributed by atoms with Crippen molar-refractivity contribution in [1.82, 2.24) is 10.2 Å². The number of nitrogens with two attached hydrogens (primary N) is 1. The van der Waals surface area contributed by atoms with Gasteiger partial charge in [0.2, 0.25) is 5.91 Å². The van der Waals surface area contributed by atoms with Gasteiger partial charge in [-0.3, -0.25) is 33.7 Å². The van der Waals surface area contributed by atoms with Crippen molar-refractivity contribution in [3.8, 4) is 16.9 Å². The standard InChI is InChI=1S/C32H35N3O9/c1-4-44-22(37)14-34-13-15-5-7-16(8-6-15)18-9-10-21(36)24-19(18)11-17-12-20-26(35(2)3)28(39)25(31(33)42)30(41)32(20,43)29(40)23(17)27(24)38/h5-10,17,20,23,25-26,34,36,43H,4,11-14H2,1-3H3,(H2,33,42)/t17-,20-,23?,25?,26-,32-/m1/s1. The third-order valence-electron chi connectivity index (χ3n) is 9.11. The molecule has 2 aromatic carbocycles. The lowest BCUT2D eigenvalue weighted by atomic mass is 9.52. The van der Waals surface area contributed by atoms with Gasteiger partial charge in [0.1, 0.15) is 5.75 Å². The Morgan fingerprint density at radius 3 is 2.36 bits per heavy atom. The first kappa shape index (κ1) is 31.2. The van der Waals surface area contributed by atoms with Gasteiger partial charge >= 0.3 is 5.97 Å². The van der Waals surface area contributed by atoms with Gasteiger partial charge in [0.25, 0.3) is 0 Å². The molecule has 232 valence electrons. The van der Waals surface area contributed by atoms with E-state index in [1.807, 2.05) is 24.3 Å². The highest BCUT2D eigenvalue weighted by molar-refractivity contribution is 6.32. The number of aromatic hydroxyl groups is 1. The summed E-state index contributed by atoms with van der Waals surface area (Å²) in [5.41, 5.74) is 5.37. The summed E-state index contributed by atoms with van der Waals surface area (Å²) in [4.78, 5) is 79.8. The number of esters is 1. The van der Waals surface area contributed by atoms with Gasteiger partial charge in [0.15, 0.2) is 34.7 Å². The number of rotatable bonds is 8. The van der Waals surface area contributed by atoms with Crippen LogP contribution in [0, 0.1) is 23.7 Å². The molecule has 0 aromatic heterocycles. The van der Waals surface area contributed by atoms with Crippen molar-refractivity contribution >= 4 is 35.0 Å². The number of hydrogen-bond donors (Lipinski definition) is 4. The SMILES string of the molecule is CCOC(=O)CNCc1ccc(-c2ccc(O)c3c2C[C@@H]2C[C@@H]4[C@@H](N(C)C)C(=O)C(C(N)=O)C(=O)[C@]4(O)C(=O)C2C3=O)cc1. The number of primary amides is 1. The molecule has 12 heteroatoms. The van der Waals surface area contributed by atoms with Crippen molar-refractivity contribution in [1.29, 1.82) is 0 Å². The van der Waals surface area contributed by atoms with Crippen molar-refractivity contribution in [2.75, 3.05) is 27.2 Å². The minimum atomic E-state index is -2.76. The number of ketones is 4. The molecular formula is C32H35N3O9. The van der Waals surface area contributed by atoms with Gasteiger partial charge in [-0.25, -0.2) is 0 Å². The zero-order valence-electron chi connectivity index (χ0n) is 24.7. The van der Waals surface area contributed by atoms with E-state index < -0.39 is 64.4 Å². The third-order valence-corrected chi connectivity index (χ3v) is 9.11. The molecule has 5 rings (SSSR count). The molecule has 3 aliphatic carbocycles. The second-order valence-electron chi connectivity index (χ2n) is 11.9. The van der Waals surface area contributed by atoms with Gasteiger partial charge in [0, 0.05) is 12.5 Å². The first-order valence-corrected chi connectivity index (χ1v) is 14.5. The van der Waals surface area contributed by atoms with Gasteiger partial charge in [-0.2, -0.15) is 0 Å². The summed E-state index contributed by atoms with van der Waals surface area (Å²) in [6.45, 7) is 2.52. The summed E-state index contributed by atoms with van der Waals surface area (Å²) in [6, 6.07) is 9.30. The molecule has 44 heavy (non-hydrogen) atoms. The highest BCUT2D eigenvalue weighted by Gasteiger charge is 2.69. The minimum absolute atomic E-state index is 0.0237. The predicted octanol–water partition coefficient (Wildman–Crippen LogP) is 0.187. The number of likely N-dealkylation sites (N-methyl/N-ethyl adjacent to an activating group) is 1. The lowest BCUT2D eigenvalue weighted by molar-refractivity contribution is -0.181. The van der Waals surface area contributed by atoms with Crippen LogP contribution in [0.3, 0.4) is 0 Å². The van der Waals surface area contributed by atoms with E-state index in [0.29, 0.717) is 24.3 Å². The summed E-state index contributed by atoms with van der Waals surface area (Å²) >= 11 is 0. The molecule has 1 amide bonds. The van der Waals surface area contributed by atoms with Crippen molar-refractivity contribution in [3.05, 3.63) is 53.1 Å². The number of Topliss-reactive ketones (excluding diaryl/α,β-unsaturated/α-hetero) is 4. The number of phenolic OH excluding ortho intramolecular Hbond substituents is 1. The number of benzene rings is 2. The van der Waals surface area contributed by atoms with Crippen LogP contribution in [0.25, 0.3) is 11.1 Å². The lowest BCUT2D eigenvalue weighted by Gasteiger charge is -2.52. The van der Waals surface area contributed by atoms with Crippen LogP contribution in [0.4, 0.5) is 0 Å². The van der Waals surface area contributed by atoms with Crippen LogP contribution in [0.5, 0.6) is 5.75 Å². The second-order valence-corrected chi connectivity index (χ2v) is 11.9. The lowest BCUT2D eigenvalue weighted by Crippen LogP contribution is -2.74. The Kier molecular flexibility index (Phi) is 8.27. The normalized spacial score (nSPS) is 27.9. The number of nitrogens with one attached hydrogen (secondary N) is 1. The number of carbonyl (C=O) groups is 6. The van der Waals surface area contributed by atoms with E-state index >= 15 is 0 Å². The van der Waals surface area contributed by atoms with Gasteiger partial charge in [0.05, 0.1) is 30.7 Å². The summed E-state index contributed by atoms with van der Waals surface area (Å²) in [5.74, 6) is -11.2. The van der Waals surface area contributed by atoms with Crippen LogP contribution in [-0.4, -0.2) is 89.0 Å².